The molecule has 1 aromatic heterocycles. The van der Waals surface area contributed by atoms with Gasteiger partial charge in [0.05, 0.1) is 9.77 Å². The molecule has 0 aliphatic carbocycles. The van der Waals surface area contributed by atoms with Crippen molar-refractivity contribution in [3.05, 3.63) is 48.7 Å². The van der Waals surface area contributed by atoms with Gasteiger partial charge in [0.25, 0.3) is 0 Å². The molecule has 0 radical (unpaired) electrons. The molecular weight excluding hydrogens is 486 g/mol. The number of anilines is 2. The van der Waals surface area contributed by atoms with Crippen molar-refractivity contribution in [1.82, 2.24) is 15.0 Å². The number of nitrogens with two attached hydrogens (primary N) is 1. The fraction of sp³-hybridized carbons (Fsp3) is 0.333. The van der Waals surface area contributed by atoms with Gasteiger partial charge in [0.2, 0.25) is 10.0 Å². The van der Waals surface area contributed by atoms with E-state index in [4.69, 9.17) is 18.0 Å². The minimum Gasteiger partial charge on any atom is -0.399 e. The molecule has 1 heterocycles. The summed E-state index contributed by atoms with van der Waals surface area (Å²) in [5, 5.41) is 7.78. The van der Waals surface area contributed by atoms with E-state index >= 15 is 0 Å². The highest BCUT2D eigenvalue weighted by atomic mass is 32.2. The number of thiazole rings is 1. The minimum absolute atomic E-state index is 0.138. The lowest BCUT2D eigenvalue weighted by atomic mass is 10.1. The first-order chi connectivity index (χ1) is 15.9. The van der Waals surface area contributed by atoms with E-state index < -0.39 is 15.6 Å². The molecule has 0 spiro atoms. The zero-order valence-corrected chi connectivity index (χ0v) is 22.4. The summed E-state index contributed by atoms with van der Waals surface area (Å²) >= 11 is 6.77. The van der Waals surface area contributed by atoms with Crippen LogP contribution in [0, 0.1) is 0 Å². The summed E-state index contributed by atoms with van der Waals surface area (Å²) in [5.74, 6) is 0. The van der Waals surface area contributed by atoms with E-state index in [0.717, 1.165) is 27.6 Å². The van der Waals surface area contributed by atoms with E-state index in [2.05, 4.69) is 34.2 Å². The van der Waals surface area contributed by atoms with Crippen LogP contribution in [0.1, 0.15) is 41.0 Å². The molecule has 182 valence electrons. The van der Waals surface area contributed by atoms with Crippen molar-refractivity contribution in [3.8, 4) is 21.0 Å². The SMILES string of the molecule is CCC(C)NC(=S)Nc1ccc(-c2ncc(-c3ccc(N)cc3S(=O)(=O)NC(C)(C)C)s2)cc1. The quantitative estimate of drug-likeness (QED) is 0.251. The average molecular weight is 518 g/mol. The maximum absolute atomic E-state index is 13.1. The lowest BCUT2D eigenvalue weighted by Gasteiger charge is -2.21. The molecule has 0 saturated heterocycles. The predicted octanol–water partition coefficient (Wildman–Crippen LogP) is 5.22. The number of hydrogen-bond donors (Lipinski definition) is 4. The molecule has 0 aliphatic heterocycles. The van der Waals surface area contributed by atoms with Gasteiger partial charge in [-0.1, -0.05) is 13.0 Å². The van der Waals surface area contributed by atoms with Crippen molar-refractivity contribution >= 4 is 50.1 Å². The Morgan fingerprint density at radius 1 is 1.18 bits per heavy atom. The summed E-state index contributed by atoms with van der Waals surface area (Å²) in [5.41, 5.74) is 8.05. The Labute approximate surface area is 211 Å². The molecule has 0 aliphatic rings. The van der Waals surface area contributed by atoms with Gasteiger partial charge in [-0.2, -0.15) is 0 Å². The first-order valence-corrected chi connectivity index (χ1v) is 13.7. The second-order valence-electron chi connectivity index (χ2n) is 9.13. The van der Waals surface area contributed by atoms with E-state index in [0.29, 0.717) is 22.4 Å². The molecular formula is C24H31N5O2S3. The summed E-state index contributed by atoms with van der Waals surface area (Å²) in [6, 6.07) is 13.0. The van der Waals surface area contributed by atoms with Gasteiger partial charge in [0.1, 0.15) is 5.01 Å². The van der Waals surface area contributed by atoms with Crippen LogP contribution in [0.2, 0.25) is 0 Å². The van der Waals surface area contributed by atoms with Crippen molar-refractivity contribution < 1.29 is 8.42 Å². The lowest BCUT2D eigenvalue weighted by Crippen LogP contribution is -2.40. The Morgan fingerprint density at radius 2 is 1.85 bits per heavy atom. The Kier molecular flexibility index (Phi) is 7.97. The van der Waals surface area contributed by atoms with Gasteiger partial charge in [-0.3, -0.25) is 0 Å². The van der Waals surface area contributed by atoms with E-state index in [-0.39, 0.29) is 4.90 Å². The predicted molar refractivity (Wildman–Crippen MR) is 147 cm³/mol. The fourth-order valence-corrected chi connectivity index (χ4v) is 6.16. The molecule has 2 aromatic carbocycles. The van der Waals surface area contributed by atoms with Gasteiger partial charge in [0.15, 0.2) is 5.11 Å². The molecule has 0 fully saturated rings. The zero-order chi connectivity index (χ0) is 25.1. The minimum atomic E-state index is -3.78. The van der Waals surface area contributed by atoms with Crippen LogP contribution in [-0.4, -0.2) is 30.1 Å². The van der Waals surface area contributed by atoms with Crippen LogP contribution in [-0.2, 0) is 10.0 Å². The normalized spacial score (nSPS) is 12.9. The summed E-state index contributed by atoms with van der Waals surface area (Å²) in [6.45, 7) is 9.57. The first-order valence-electron chi connectivity index (χ1n) is 11.0. The standard InChI is InChI=1S/C24H31N5O2S3/c1-6-15(2)27-23(32)28-18-10-7-16(8-11-18)22-26-14-20(33-22)19-12-9-17(25)13-21(19)34(30,31)29-24(3,4)5/h7-15,29H,6,25H2,1-5H3,(H2,27,28,32). The molecule has 0 saturated carbocycles. The fourth-order valence-electron chi connectivity index (χ4n) is 3.14. The summed E-state index contributed by atoms with van der Waals surface area (Å²) in [4.78, 5) is 5.42. The molecule has 1 atom stereocenters. The third kappa shape index (κ3) is 6.75. The number of thiocarbonyl (C=S) groups is 1. The van der Waals surface area contributed by atoms with Gasteiger partial charge in [0, 0.05) is 40.3 Å². The molecule has 5 N–H and O–H groups in total. The van der Waals surface area contributed by atoms with Crippen LogP contribution < -0.4 is 21.1 Å². The van der Waals surface area contributed by atoms with Gasteiger partial charge in [-0.15, -0.1) is 11.3 Å². The number of sulfonamides is 1. The molecule has 0 bridgehead atoms. The van der Waals surface area contributed by atoms with Crippen LogP contribution in [0.4, 0.5) is 11.4 Å². The van der Waals surface area contributed by atoms with Crippen LogP contribution in [0.15, 0.2) is 53.6 Å². The Bertz CT molecular complexity index is 1260. The molecule has 34 heavy (non-hydrogen) atoms. The second-order valence-corrected chi connectivity index (χ2v) is 12.2. The van der Waals surface area contributed by atoms with Crippen molar-refractivity contribution in [2.45, 2.75) is 57.5 Å². The van der Waals surface area contributed by atoms with Gasteiger partial charge in [-0.05, 0) is 82.7 Å². The second kappa shape index (κ2) is 10.4. The van der Waals surface area contributed by atoms with Crippen LogP contribution in [0.3, 0.4) is 0 Å². The highest BCUT2D eigenvalue weighted by molar-refractivity contribution is 7.89. The van der Waals surface area contributed by atoms with Crippen LogP contribution in [0.5, 0.6) is 0 Å². The Morgan fingerprint density at radius 3 is 2.47 bits per heavy atom. The van der Waals surface area contributed by atoms with E-state index in [1.807, 2.05) is 24.3 Å². The number of nitrogens with zero attached hydrogens (tertiary/aromatic N) is 1. The number of hydrogen-bond acceptors (Lipinski definition) is 6. The number of benzene rings is 2. The molecule has 0 amide bonds. The number of nitrogen functional groups attached to an aromatic ring is 1. The summed E-state index contributed by atoms with van der Waals surface area (Å²) in [6.07, 6.45) is 2.68. The maximum atomic E-state index is 13.1. The van der Waals surface area contributed by atoms with Crippen molar-refractivity contribution in [2.75, 3.05) is 11.1 Å². The van der Waals surface area contributed by atoms with Gasteiger partial charge in [-0.25, -0.2) is 18.1 Å². The van der Waals surface area contributed by atoms with Crippen LogP contribution in [0.25, 0.3) is 21.0 Å². The summed E-state index contributed by atoms with van der Waals surface area (Å²) < 4.78 is 28.9. The smallest absolute Gasteiger partial charge is 0.241 e. The first kappa shape index (κ1) is 26.1. The molecule has 3 aromatic rings. The topological polar surface area (TPSA) is 109 Å². The van der Waals surface area contributed by atoms with Crippen LogP contribution >= 0.6 is 23.6 Å². The Hall–Kier alpha value is -2.53. The molecule has 7 nitrogen and oxygen atoms in total. The zero-order valence-electron chi connectivity index (χ0n) is 20.0. The van der Waals surface area contributed by atoms with Gasteiger partial charge >= 0.3 is 0 Å². The van der Waals surface area contributed by atoms with Crippen molar-refractivity contribution in [2.24, 2.45) is 0 Å². The Balaban J connectivity index is 1.86. The van der Waals surface area contributed by atoms with Crippen molar-refractivity contribution in [3.63, 3.8) is 0 Å². The third-order valence-electron chi connectivity index (χ3n) is 4.89. The molecule has 10 heteroatoms. The lowest BCUT2D eigenvalue weighted by molar-refractivity contribution is 0.491. The highest BCUT2D eigenvalue weighted by Gasteiger charge is 2.26. The van der Waals surface area contributed by atoms with Gasteiger partial charge < -0.3 is 16.4 Å². The van der Waals surface area contributed by atoms with E-state index in [1.165, 1.54) is 17.4 Å². The maximum Gasteiger partial charge on any atom is 0.241 e. The number of nitrogens with one attached hydrogen (secondary N) is 3. The third-order valence-corrected chi connectivity index (χ3v) is 7.98. The van der Waals surface area contributed by atoms with E-state index in [9.17, 15) is 8.42 Å². The molecule has 1 unspecified atom stereocenters. The van der Waals surface area contributed by atoms with E-state index in [1.54, 1.807) is 39.1 Å². The number of rotatable bonds is 7. The monoisotopic (exact) mass is 517 g/mol. The summed E-state index contributed by atoms with van der Waals surface area (Å²) in [7, 11) is -3.78. The largest absolute Gasteiger partial charge is 0.399 e. The number of aromatic nitrogens is 1. The highest BCUT2D eigenvalue weighted by Crippen LogP contribution is 2.36. The van der Waals surface area contributed by atoms with Crippen molar-refractivity contribution in [1.29, 1.82) is 0 Å². The molecule has 3 rings (SSSR count). The average Bonchev–Trinajstić information content (AvgIpc) is 3.22.